The Kier molecular flexibility index (Phi) is 11.5. The maximum absolute atomic E-state index is 11.5. The largest absolute Gasteiger partial charge is 0.383 e. The maximum atomic E-state index is 11.5. The number of hydrogen-bond acceptors (Lipinski definition) is 3. The highest BCUT2D eigenvalue weighted by molar-refractivity contribution is 14.0. The number of aryl methyl sites for hydroxylation is 1. The zero-order valence-corrected chi connectivity index (χ0v) is 15.6. The van der Waals surface area contributed by atoms with Crippen LogP contribution in [0.15, 0.2) is 29.3 Å². The third kappa shape index (κ3) is 8.83. The molecule has 7 heteroatoms. The molecule has 1 aromatic rings. The first-order valence-corrected chi connectivity index (χ1v) is 6.91. The fraction of sp³-hybridized carbons (Fsp3) is 0.467. The van der Waals surface area contributed by atoms with E-state index >= 15 is 0 Å². The van der Waals surface area contributed by atoms with Gasteiger partial charge in [-0.1, -0.05) is 29.8 Å². The van der Waals surface area contributed by atoms with Gasteiger partial charge >= 0.3 is 0 Å². The van der Waals surface area contributed by atoms with Crippen molar-refractivity contribution in [3.8, 4) is 0 Å². The lowest BCUT2D eigenvalue weighted by atomic mass is 10.1. The van der Waals surface area contributed by atoms with E-state index < -0.39 is 0 Å². The van der Waals surface area contributed by atoms with Gasteiger partial charge in [0.05, 0.1) is 13.2 Å². The predicted molar refractivity (Wildman–Crippen MR) is 99.7 cm³/mol. The molecule has 1 aromatic carbocycles. The molecule has 1 amide bonds. The summed E-state index contributed by atoms with van der Waals surface area (Å²) >= 11 is 0. The van der Waals surface area contributed by atoms with Crippen LogP contribution in [0.4, 0.5) is 0 Å². The fourth-order valence-electron chi connectivity index (χ4n) is 1.75. The number of methoxy groups -OCH3 is 1. The van der Waals surface area contributed by atoms with Crippen molar-refractivity contribution in [1.82, 2.24) is 16.0 Å². The molecule has 0 heterocycles. The van der Waals surface area contributed by atoms with E-state index in [4.69, 9.17) is 4.74 Å². The van der Waals surface area contributed by atoms with Crippen LogP contribution in [0.3, 0.4) is 0 Å². The van der Waals surface area contributed by atoms with E-state index in [1.54, 1.807) is 14.2 Å². The molecule has 1 rings (SSSR count). The summed E-state index contributed by atoms with van der Waals surface area (Å²) in [7, 11) is 3.27. The highest BCUT2D eigenvalue weighted by Crippen LogP contribution is 2.02. The highest BCUT2D eigenvalue weighted by Gasteiger charge is 2.03. The van der Waals surface area contributed by atoms with Gasteiger partial charge in [-0.05, 0) is 12.5 Å². The molecule has 6 nitrogen and oxygen atoms in total. The van der Waals surface area contributed by atoms with Crippen LogP contribution in [0.25, 0.3) is 0 Å². The van der Waals surface area contributed by atoms with E-state index in [9.17, 15) is 4.79 Å². The Labute approximate surface area is 149 Å². The molecule has 0 spiro atoms. The Morgan fingerprint density at radius 1 is 1.27 bits per heavy atom. The van der Waals surface area contributed by atoms with Gasteiger partial charge in [0.25, 0.3) is 0 Å². The van der Waals surface area contributed by atoms with E-state index in [2.05, 4.69) is 40.0 Å². The number of benzene rings is 1. The lowest BCUT2D eigenvalue weighted by molar-refractivity contribution is -0.120. The summed E-state index contributed by atoms with van der Waals surface area (Å²) < 4.78 is 4.86. The number of carbonyl (C=O) groups excluding carboxylic acids is 1. The summed E-state index contributed by atoms with van der Waals surface area (Å²) in [4.78, 5) is 15.6. The van der Waals surface area contributed by atoms with E-state index in [0.717, 1.165) is 0 Å². The number of nitrogens with one attached hydrogen (secondary N) is 3. The minimum atomic E-state index is -0.0921. The SMILES string of the molecule is CN=C(NCC(=O)NCCOC)NCc1cccc(C)c1.I. The van der Waals surface area contributed by atoms with Crippen molar-refractivity contribution in [2.75, 3.05) is 33.9 Å². The Bertz CT molecular complexity index is 480. The first kappa shape index (κ1) is 20.6. The molecule has 3 N–H and O–H groups in total. The molecule has 0 aliphatic carbocycles. The van der Waals surface area contributed by atoms with Crippen molar-refractivity contribution < 1.29 is 9.53 Å². The van der Waals surface area contributed by atoms with Crippen molar-refractivity contribution in [2.45, 2.75) is 13.5 Å². The Morgan fingerprint density at radius 3 is 2.68 bits per heavy atom. The van der Waals surface area contributed by atoms with Gasteiger partial charge in [-0.15, -0.1) is 24.0 Å². The summed E-state index contributed by atoms with van der Waals surface area (Å²) in [6.45, 7) is 3.91. The predicted octanol–water partition coefficient (Wildman–Crippen LogP) is 1.04. The van der Waals surface area contributed by atoms with Crippen molar-refractivity contribution in [3.63, 3.8) is 0 Å². The zero-order chi connectivity index (χ0) is 15.5. The average Bonchev–Trinajstić information content (AvgIpc) is 2.48. The number of halogens is 1. The maximum Gasteiger partial charge on any atom is 0.239 e. The average molecular weight is 420 g/mol. The van der Waals surface area contributed by atoms with Gasteiger partial charge in [-0.25, -0.2) is 0 Å². The topological polar surface area (TPSA) is 74.8 Å². The van der Waals surface area contributed by atoms with Gasteiger partial charge in [0.1, 0.15) is 0 Å². The molecule has 0 radical (unpaired) electrons. The van der Waals surface area contributed by atoms with E-state index in [-0.39, 0.29) is 36.4 Å². The molecular formula is C15H25IN4O2. The monoisotopic (exact) mass is 420 g/mol. The Hall–Kier alpha value is -1.35. The molecule has 0 atom stereocenters. The van der Waals surface area contributed by atoms with E-state index in [0.29, 0.717) is 25.7 Å². The second kappa shape index (κ2) is 12.2. The van der Waals surface area contributed by atoms with Crippen molar-refractivity contribution >= 4 is 35.8 Å². The van der Waals surface area contributed by atoms with Crippen LogP contribution in [0.1, 0.15) is 11.1 Å². The number of rotatable bonds is 7. The van der Waals surface area contributed by atoms with Gasteiger partial charge in [0.2, 0.25) is 5.91 Å². The number of nitrogens with zero attached hydrogens (tertiary/aromatic N) is 1. The molecule has 0 aliphatic rings. The summed E-state index contributed by atoms with van der Waals surface area (Å²) in [6, 6.07) is 8.23. The number of carbonyl (C=O) groups is 1. The number of guanidine groups is 1. The molecule has 0 aromatic heterocycles. The smallest absolute Gasteiger partial charge is 0.239 e. The zero-order valence-electron chi connectivity index (χ0n) is 13.3. The third-order valence-electron chi connectivity index (χ3n) is 2.81. The molecule has 0 fully saturated rings. The molecule has 0 saturated heterocycles. The Balaban J connectivity index is 0.00000441. The van der Waals surface area contributed by atoms with Crippen LogP contribution >= 0.6 is 24.0 Å². The highest BCUT2D eigenvalue weighted by atomic mass is 127. The number of amides is 1. The van der Waals surface area contributed by atoms with Gasteiger partial charge in [-0.2, -0.15) is 0 Å². The second-order valence-electron chi connectivity index (χ2n) is 4.61. The minimum absolute atomic E-state index is 0. The molecule has 0 unspecified atom stereocenters. The van der Waals surface area contributed by atoms with Crippen LogP contribution in [-0.2, 0) is 16.1 Å². The lowest BCUT2D eigenvalue weighted by Crippen LogP contribution is -2.43. The fourth-order valence-corrected chi connectivity index (χ4v) is 1.75. The number of hydrogen-bond donors (Lipinski definition) is 3. The number of aliphatic imine (C=N–C) groups is 1. The molecule has 0 bridgehead atoms. The van der Waals surface area contributed by atoms with Gasteiger partial charge in [0, 0.05) is 27.2 Å². The van der Waals surface area contributed by atoms with Gasteiger partial charge in [-0.3, -0.25) is 9.79 Å². The van der Waals surface area contributed by atoms with Crippen molar-refractivity contribution in [1.29, 1.82) is 0 Å². The lowest BCUT2D eigenvalue weighted by Gasteiger charge is -2.12. The first-order chi connectivity index (χ1) is 10.2. The third-order valence-corrected chi connectivity index (χ3v) is 2.81. The molecule has 0 saturated carbocycles. The summed E-state index contributed by atoms with van der Waals surface area (Å²) in [5, 5.41) is 8.87. The van der Waals surface area contributed by atoms with Crippen LogP contribution in [0.2, 0.25) is 0 Å². The van der Waals surface area contributed by atoms with Crippen molar-refractivity contribution in [2.24, 2.45) is 4.99 Å². The quantitative estimate of drug-likeness (QED) is 0.267. The molecule has 124 valence electrons. The number of ether oxygens (including phenoxy) is 1. The van der Waals surface area contributed by atoms with Crippen LogP contribution in [0.5, 0.6) is 0 Å². The molecular weight excluding hydrogens is 395 g/mol. The normalized spacial score (nSPS) is 10.6. The minimum Gasteiger partial charge on any atom is -0.383 e. The van der Waals surface area contributed by atoms with Crippen molar-refractivity contribution in [3.05, 3.63) is 35.4 Å². The summed E-state index contributed by atoms with van der Waals surface area (Å²) in [5.41, 5.74) is 2.39. The molecule has 0 aliphatic heterocycles. The second-order valence-corrected chi connectivity index (χ2v) is 4.61. The van der Waals surface area contributed by atoms with E-state index in [1.807, 2.05) is 12.1 Å². The molecule has 22 heavy (non-hydrogen) atoms. The van der Waals surface area contributed by atoms with Crippen LogP contribution in [0, 0.1) is 6.92 Å². The summed E-state index contributed by atoms with van der Waals surface area (Å²) in [5.74, 6) is 0.504. The van der Waals surface area contributed by atoms with Gasteiger partial charge < -0.3 is 20.7 Å². The first-order valence-electron chi connectivity index (χ1n) is 6.91. The van der Waals surface area contributed by atoms with E-state index in [1.165, 1.54) is 11.1 Å². The Morgan fingerprint density at radius 2 is 2.05 bits per heavy atom. The summed E-state index contributed by atoms with van der Waals surface area (Å²) in [6.07, 6.45) is 0. The van der Waals surface area contributed by atoms with Gasteiger partial charge in [0.15, 0.2) is 5.96 Å². The van der Waals surface area contributed by atoms with Crippen LogP contribution in [-0.4, -0.2) is 45.7 Å². The standard InChI is InChI=1S/C15H24N4O2.HI/c1-12-5-4-6-13(9-12)10-18-15(16-2)19-11-14(20)17-7-8-21-3;/h4-6,9H,7-8,10-11H2,1-3H3,(H,17,20)(H2,16,18,19);1H. The van der Waals surface area contributed by atoms with Crippen LogP contribution < -0.4 is 16.0 Å².